The number of pyridine rings is 1. The molecule has 0 saturated carbocycles. The summed E-state index contributed by atoms with van der Waals surface area (Å²) in [5, 5.41) is 2.94. The highest BCUT2D eigenvalue weighted by molar-refractivity contribution is 7.17. The molecule has 0 saturated heterocycles. The molecule has 0 fully saturated rings. The van der Waals surface area contributed by atoms with Crippen LogP contribution in [0.2, 0.25) is 5.15 Å². The first-order valence-electron chi connectivity index (χ1n) is 5.50. The van der Waals surface area contributed by atoms with Crippen LogP contribution in [0.4, 0.5) is 5.69 Å². The van der Waals surface area contributed by atoms with Gasteiger partial charge in [0.25, 0.3) is 5.91 Å². The summed E-state index contributed by atoms with van der Waals surface area (Å²) in [7, 11) is 0. The van der Waals surface area contributed by atoms with Crippen molar-refractivity contribution < 1.29 is 4.79 Å². The molecule has 0 spiro atoms. The van der Waals surface area contributed by atoms with Crippen LogP contribution < -0.4 is 5.32 Å². The van der Waals surface area contributed by atoms with Crippen LogP contribution in [0.1, 0.15) is 15.4 Å². The first kappa shape index (κ1) is 12.1. The fourth-order valence-corrected chi connectivity index (χ4v) is 2.66. The summed E-state index contributed by atoms with van der Waals surface area (Å²) in [5.41, 5.74) is 0.827. The molecule has 0 unspecified atom stereocenters. The van der Waals surface area contributed by atoms with Crippen molar-refractivity contribution in [2.24, 2.45) is 0 Å². The summed E-state index contributed by atoms with van der Waals surface area (Å²) in [6, 6.07) is 3.40. The molecule has 96 valence electrons. The summed E-state index contributed by atoms with van der Waals surface area (Å²) >= 11 is 7.42. The van der Waals surface area contributed by atoms with Crippen molar-refractivity contribution in [1.29, 1.82) is 0 Å². The second kappa shape index (κ2) is 4.64. The standard InChI is InChI=1S/C12H9ClN4OS/c1-7-5-17-6-9(16-12(17)19-7)11(18)15-8-3-2-4-14-10(8)13/h2-6H,1H3,(H,15,18). The molecule has 0 radical (unpaired) electrons. The van der Waals surface area contributed by atoms with Crippen molar-refractivity contribution >= 4 is 39.5 Å². The number of carbonyl (C=O) groups excluding carboxylic acids is 1. The summed E-state index contributed by atoms with van der Waals surface area (Å²) in [4.78, 5) is 22.1. The van der Waals surface area contributed by atoms with Crippen molar-refractivity contribution in [3.63, 3.8) is 0 Å². The van der Waals surface area contributed by atoms with Gasteiger partial charge >= 0.3 is 0 Å². The summed E-state index contributed by atoms with van der Waals surface area (Å²) in [6.07, 6.45) is 5.19. The van der Waals surface area contributed by atoms with Gasteiger partial charge in [-0.3, -0.25) is 9.20 Å². The van der Waals surface area contributed by atoms with Gasteiger partial charge < -0.3 is 5.32 Å². The number of imidazole rings is 1. The van der Waals surface area contributed by atoms with Gasteiger partial charge in [0.15, 0.2) is 10.1 Å². The van der Waals surface area contributed by atoms with E-state index >= 15 is 0 Å². The van der Waals surface area contributed by atoms with Gasteiger partial charge in [-0.25, -0.2) is 9.97 Å². The number of rotatable bonds is 2. The number of anilines is 1. The number of nitrogens with one attached hydrogen (secondary N) is 1. The van der Waals surface area contributed by atoms with Crippen molar-refractivity contribution in [3.8, 4) is 0 Å². The Kier molecular flexibility index (Phi) is 2.96. The third kappa shape index (κ3) is 2.32. The minimum atomic E-state index is -0.302. The van der Waals surface area contributed by atoms with Crippen LogP contribution in [0.25, 0.3) is 4.96 Å². The number of aromatic nitrogens is 3. The Balaban J connectivity index is 1.87. The average Bonchev–Trinajstić information content (AvgIpc) is 2.89. The molecule has 0 aliphatic rings. The number of hydrogen-bond donors (Lipinski definition) is 1. The van der Waals surface area contributed by atoms with Crippen molar-refractivity contribution in [2.45, 2.75) is 6.92 Å². The second-order valence-electron chi connectivity index (χ2n) is 3.95. The smallest absolute Gasteiger partial charge is 0.276 e. The third-order valence-electron chi connectivity index (χ3n) is 2.51. The van der Waals surface area contributed by atoms with Crippen molar-refractivity contribution in [1.82, 2.24) is 14.4 Å². The molecule has 1 N–H and O–H groups in total. The Morgan fingerprint density at radius 2 is 2.32 bits per heavy atom. The number of hydrogen-bond acceptors (Lipinski definition) is 4. The van der Waals surface area contributed by atoms with Gasteiger partial charge in [-0.2, -0.15) is 0 Å². The number of aryl methyl sites for hydroxylation is 1. The topological polar surface area (TPSA) is 59.3 Å². The SMILES string of the molecule is Cc1cn2cc(C(=O)Nc3cccnc3Cl)nc2s1. The van der Waals surface area contributed by atoms with E-state index in [1.165, 1.54) is 11.3 Å². The number of thiazole rings is 1. The molecule has 3 aromatic heterocycles. The lowest BCUT2D eigenvalue weighted by atomic mass is 10.4. The minimum Gasteiger partial charge on any atom is -0.318 e. The highest BCUT2D eigenvalue weighted by Crippen LogP contribution is 2.20. The summed E-state index contributed by atoms with van der Waals surface area (Å²) in [6.45, 7) is 1.99. The minimum absolute atomic E-state index is 0.257. The molecule has 0 aliphatic carbocycles. The number of halogens is 1. The molecular formula is C12H9ClN4OS. The van der Waals surface area contributed by atoms with Gasteiger partial charge in [0.2, 0.25) is 0 Å². The van der Waals surface area contributed by atoms with Crippen molar-refractivity contribution in [3.05, 3.63) is 46.4 Å². The van der Waals surface area contributed by atoms with E-state index in [0.717, 1.165) is 9.84 Å². The fraction of sp³-hybridized carbons (Fsp3) is 0.0833. The Hall–Kier alpha value is -1.92. The van der Waals surface area contributed by atoms with Crippen LogP contribution in [0.15, 0.2) is 30.7 Å². The largest absolute Gasteiger partial charge is 0.318 e. The molecule has 0 aliphatic heterocycles. The maximum atomic E-state index is 12.1. The number of carbonyl (C=O) groups is 1. The average molecular weight is 293 g/mol. The number of nitrogens with zero attached hydrogens (tertiary/aromatic N) is 3. The first-order chi connectivity index (χ1) is 9.13. The lowest BCUT2D eigenvalue weighted by Gasteiger charge is -2.03. The first-order valence-corrected chi connectivity index (χ1v) is 6.70. The molecule has 0 bridgehead atoms. The van der Waals surface area contributed by atoms with Gasteiger partial charge in [0, 0.05) is 23.5 Å². The van der Waals surface area contributed by atoms with Crippen molar-refractivity contribution in [2.75, 3.05) is 5.32 Å². The maximum absolute atomic E-state index is 12.1. The van der Waals surface area contributed by atoms with Gasteiger partial charge in [-0.05, 0) is 19.1 Å². The highest BCUT2D eigenvalue weighted by atomic mass is 35.5. The van der Waals surface area contributed by atoms with E-state index in [9.17, 15) is 4.79 Å². The zero-order chi connectivity index (χ0) is 13.4. The Morgan fingerprint density at radius 1 is 1.47 bits per heavy atom. The van der Waals surface area contributed by atoms with Gasteiger partial charge in [-0.1, -0.05) is 11.6 Å². The lowest BCUT2D eigenvalue weighted by Crippen LogP contribution is -2.12. The monoisotopic (exact) mass is 292 g/mol. The Bertz CT molecular complexity index is 733. The number of fused-ring (bicyclic) bond motifs is 1. The lowest BCUT2D eigenvalue weighted by molar-refractivity contribution is 0.102. The maximum Gasteiger partial charge on any atom is 0.276 e. The van der Waals surface area contributed by atoms with E-state index < -0.39 is 0 Å². The summed E-state index contributed by atoms with van der Waals surface area (Å²) in [5.74, 6) is -0.302. The molecule has 3 aromatic rings. The van der Waals surface area contributed by atoms with E-state index in [2.05, 4.69) is 15.3 Å². The van der Waals surface area contributed by atoms with Crippen LogP contribution in [0.5, 0.6) is 0 Å². The fourth-order valence-electron chi connectivity index (χ4n) is 1.69. The molecule has 1 amide bonds. The number of amides is 1. The van der Waals surface area contributed by atoms with Gasteiger partial charge in [0.1, 0.15) is 5.69 Å². The van der Waals surface area contributed by atoms with E-state index in [0.29, 0.717) is 11.4 Å². The van der Waals surface area contributed by atoms with E-state index in [-0.39, 0.29) is 11.1 Å². The molecule has 19 heavy (non-hydrogen) atoms. The van der Waals surface area contributed by atoms with E-state index in [1.54, 1.807) is 24.5 Å². The van der Waals surface area contributed by atoms with E-state index in [4.69, 9.17) is 11.6 Å². The van der Waals surface area contributed by atoms with Crippen LogP contribution in [0, 0.1) is 6.92 Å². The van der Waals surface area contributed by atoms with Gasteiger partial charge in [0.05, 0.1) is 5.69 Å². The predicted molar refractivity (Wildman–Crippen MR) is 75.0 cm³/mol. The van der Waals surface area contributed by atoms with Gasteiger partial charge in [-0.15, -0.1) is 11.3 Å². The van der Waals surface area contributed by atoms with Crippen LogP contribution in [-0.4, -0.2) is 20.3 Å². The highest BCUT2D eigenvalue weighted by Gasteiger charge is 2.13. The molecule has 7 heteroatoms. The zero-order valence-electron chi connectivity index (χ0n) is 9.92. The van der Waals surface area contributed by atoms with Crippen LogP contribution in [0.3, 0.4) is 0 Å². The molecule has 3 heterocycles. The normalized spacial score (nSPS) is 10.8. The Morgan fingerprint density at radius 3 is 3.05 bits per heavy atom. The molecule has 3 rings (SSSR count). The molecule has 0 aromatic carbocycles. The molecular weight excluding hydrogens is 284 g/mol. The van der Waals surface area contributed by atoms with Crippen LogP contribution >= 0.6 is 22.9 Å². The molecule has 0 atom stereocenters. The quantitative estimate of drug-likeness (QED) is 0.739. The molecule has 5 nitrogen and oxygen atoms in total. The Labute approximate surface area is 117 Å². The van der Waals surface area contributed by atoms with Crippen LogP contribution in [-0.2, 0) is 0 Å². The summed E-state index contributed by atoms with van der Waals surface area (Å²) < 4.78 is 1.83. The van der Waals surface area contributed by atoms with E-state index in [1.807, 2.05) is 17.5 Å². The zero-order valence-corrected chi connectivity index (χ0v) is 11.5. The third-order valence-corrected chi connectivity index (χ3v) is 3.72. The second-order valence-corrected chi connectivity index (χ2v) is 5.52. The predicted octanol–water partition coefficient (Wildman–Crippen LogP) is 3.00.